The van der Waals surface area contributed by atoms with Crippen molar-refractivity contribution in [3.63, 3.8) is 0 Å². The van der Waals surface area contributed by atoms with Crippen molar-refractivity contribution in [3.05, 3.63) is 70.9 Å². The first-order chi connectivity index (χ1) is 13.8. The minimum Gasteiger partial charge on any atom is -0.497 e. The minimum atomic E-state index is 0.487. The molecule has 0 atom stereocenters. The fourth-order valence-corrected chi connectivity index (χ4v) is 3.54. The van der Waals surface area contributed by atoms with Gasteiger partial charge in [0.25, 0.3) is 0 Å². The molecule has 6 nitrogen and oxygen atoms in total. The lowest BCUT2D eigenvalue weighted by Gasteiger charge is -2.03. The molecule has 0 amide bonds. The van der Waals surface area contributed by atoms with Crippen molar-refractivity contribution in [2.45, 2.75) is 0 Å². The third-order valence-electron chi connectivity index (χ3n) is 4.18. The largest absolute Gasteiger partial charge is 0.497 e. The van der Waals surface area contributed by atoms with Crippen LogP contribution in [-0.4, -0.2) is 27.3 Å². The van der Waals surface area contributed by atoms with E-state index in [1.165, 1.54) is 11.3 Å². The van der Waals surface area contributed by atoms with Gasteiger partial charge in [-0.2, -0.15) is 10.4 Å². The zero-order valence-electron chi connectivity index (χ0n) is 15.0. The number of methoxy groups -OCH3 is 1. The molecule has 3 aromatic heterocycles. The summed E-state index contributed by atoms with van der Waals surface area (Å²) in [6, 6.07) is 13.7. The minimum absolute atomic E-state index is 0.487. The molecule has 0 aliphatic rings. The number of hydrogen-bond acceptors (Lipinski definition) is 6. The van der Waals surface area contributed by atoms with Crippen molar-refractivity contribution in [1.29, 1.82) is 5.26 Å². The Kier molecular flexibility index (Phi) is 4.95. The van der Waals surface area contributed by atoms with E-state index in [4.69, 9.17) is 4.74 Å². The summed E-state index contributed by atoms with van der Waals surface area (Å²) in [6.45, 7) is 0. The molecule has 3 heterocycles. The molecule has 0 saturated carbocycles. The first-order valence-electron chi connectivity index (χ1n) is 8.44. The van der Waals surface area contributed by atoms with Crippen LogP contribution in [0.15, 0.2) is 60.4 Å². The second-order valence-corrected chi connectivity index (χ2v) is 6.73. The fraction of sp³-hybridized carbons (Fsp3) is 0.0476. The number of rotatable bonds is 5. The van der Waals surface area contributed by atoms with Crippen LogP contribution in [-0.2, 0) is 0 Å². The summed E-state index contributed by atoms with van der Waals surface area (Å²) in [4.78, 5) is 8.63. The van der Waals surface area contributed by atoms with Gasteiger partial charge in [-0.1, -0.05) is 0 Å². The first kappa shape index (κ1) is 17.6. The number of benzene rings is 1. The average Bonchev–Trinajstić information content (AvgIpc) is 3.42. The first-order valence-corrected chi connectivity index (χ1v) is 9.32. The van der Waals surface area contributed by atoms with Crippen LogP contribution in [0.5, 0.6) is 5.75 Å². The number of pyridine rings is 1. The second-order valence-electron chi connectivity index (χ2n) is 5.87. The Morgan fingerprint density at radius 2 is 1.93 bits per heavy atom. The van der Waals surface area contributed by atoms with Gasteiger partial charge < -0.3 is 4.74 Å². The molecule has 0 bridgehead atoms. The van der Waals surface area contributed by atoms with Crippen LogP contribution in [0.1, 0.15) is 10.6 Å². The van der Waals surface area contributed by atoms with Crippen LogP contribution in [0.25, 0.3) is 34.2 Å². The van der Waals surface area contributed by atoms with E-state index in [0.717, 1.165) is 33.8 Å². The van der Waals surface area contributed by atoms with Crippen LogP contribution < -0.4 is 4.74 Å². The molecule has 0 aliphatic heterocycles. The molecule has 4 aromatic rings. The van der Waals surface area contributed by atoms with Gasteiger partial charge in [0.2, 0.25) is 0 Å². The zero-order valence-corrected chi connectivity index (χ0v) is 15.8. The molecular formula is C21H15N5OS. The Morgan fingerprint density at radius 3 is 2.64 bits per heavy atom. The SMILES string of the molecule is COc1ccc(-c2[nH]ncc2/C=C(\C#N)c2nc(-c3ccncc3)cs2)cc1. The molecule has 7 heteroatoms. The van der Waals surface area contributed by atoms with Crippen molar-refractivity contribution in [1.82, 2.24) is 20.2 Å². The summed E-state index contributed by atoms with van der Waals surface area (Å²) in [5.41, 5.74) is 4.90. The molecular weight excluding hydrogens is 370 g/mol. The van der Waals surface area contributed by atoms with Crippen LogP contribution in [0.4, 0.5) is 0 Å². The van der Waals surface area contributed by atoms with Crippen molar-refractivity contribution in [3.8, 4) is 34.3 Å². The van der Waals surface area contributed by atoms with Gasteiger partial charge in [0.05, 0.1) is 30.3 Å². The van der Waals surface area contributed by atoms with Gasteiger partial charge in [0.1, 0.15) is 16.8 Å². The number of ether oxygens (including phenoxy) is 1. The van der Waals surface area contributed by atoms with Crippen molar-refractivity contribution in [2.75, 3.05) is 7.11 Å². The number of aromatic nitrogens is 4. The summed E-state index contributed by atoms with van der Waals surface area (Å²) < 4.78 is 5.20. The molecule has 0 unspecified atom stereocenters. The van der Waals surface area contributed by atoms with Gasteiger partial charge in [0.15, 0.2) is 0 Å². The Balaban J connectivity index is 1.68. The number of nitrogens with zero attached hydrogens (tertiary/aromatic N) is 4. The van der Waals surface area contributed by atoms with Crippen molar-refractivity contribution in [2.24, 2.45) is 0 Å². The lowest BCUT2D eigenvalue weighted by atomic mass is 10.1. The maximum absolute atomic E-state index is 9.68. The van der Waals surface area contributed by atoms with Crippen LogP contribution in [0.3, 0.4) is 0 Å². The van der Waals surface area contributed by atoms with Gasteiger partial charge in [-0.25, -0.2) is 4.98 Å². The number of nitrogens with one attached hydrogen (secondary N) is 1. The molecule has 4 rings (SSSR count). The number of hydrogen-bond donors (Lipinski definition) is 1. The summed E-state index contributed by atoms with van der Waals surface area (Å²) in [5, 5.41) is 19.4. The average molecular weight is 385 g/mol. The number of thiazole rings is 1. The van der Waals surface area contributed by atoms with E-state index in [1.807, 2.05) is 41.8 Å². The van der Waals surface area contributed by atoms with Gasteiger partial charge >= 0.3 is 0 Å². The molecule has 1 N–H and O–H groups in total. The van der Waals surface area contributed by atoms with Crippen LogP contribution in [0, 0.1) is 11.3 Å². The van der Waals surface area contributed by atoms with Gasteiger partial charge in [-0.05, 0) is 42.5 Å². The highest BCUT2D eigenvalue weighted by Crippen LogP contribution is 2.30. The number of aromatic amines is 1. The summed E-state index contributed by atoms with van der Waals surface area (Å²) in [6.07, 6.45) is 6.95. The normalized spacial score (nSPS) is 11.2. The lowest BCUT2D eigenvalue weighted by molar-refractivity contribution is 0.415. The predicted octanol–water partition coefficient (Wildman–Crippen LogP) is 4.67. The Labute approximate surface area is 165 Å². The molecule has 0 aliphatic carbocycles. The van der Waals surface area contributed by atoms with E-state index in [-0.39, 0.29) is 0 Å². The summed E-state index contributed by atoms with van der Waals surface area (Å²) >= 11 is 1.44. The number of H-pyrrole nitrogens is 1. The maximum Gasteiger partial charge on any atom is 0.134 e. The molecule has 0 saturated heterocycles. The van der Waals surface area contributed by atoms with Crippen molar-refractivity contribution >= 4 is 23.0 Å². The van der Waals surface area contributed by atoms with E-state index in [1.54, 1.807) is 31.8 Å². The third-order valence-corrected chi connectivity index (χ3v) is 5.05. The third kappa shape index (κ3) is 3.54. The van der Waals surface area contributed by atoms with Crippen LogP contribution in [0.2, 0.25) is 0 Å². The van der Waals surface area contributed by atoms with E-state index in [9.17, 15) is 5.26 Å². The highest BCUT2D eigenvalue weighted by atomic mass is 32.1. The van der Waals surface area contributed by atoms with Gasteiger partial charge in [-0.3, -0.25) is 10.1 Å². The monoisotopic (exact) mass is 385 g/mol. The second kappa shape index (κ2) is 7.86. The van der Waals surface area contributed by atoms with Crippen LogP contribution >= 0.6 is 11.3 Å². The highest BCUT2D eigenvalue weighted by molar-refractivity contribution is 7.11. The number of allylic oxidation sites excluding steroid dienone is 1. The Morgan fingerprint density at radius 1 is 1.14 bits per heavy atom. The van der Waals surface area contributed by atoms with E-state index in [2.05, 4.69) is 26.2 Å². The highest BCUT2D eigenvalue weighted by Gasteiger charge is 2.12. The van der Waals surface area contributed by atoms with E-state index >= 15 is 0 Å². The smallest absolute Gasteiger partial charge is 0.134 e. The Bertz CT molecular complexity index is 1150. The number of nitriles is 1. The molecule has 0 fully saturated rings. The fourth-order valence-electron chi connectivity index (χ4n) is 2.74. The molecule has 1 aromatic carbocycles. The zero-order chi connectivity index (χ0) is 19.3. The molecule has 0 spiro atoms. The van der Waals surface area contributed by atoms with Crippen molar-refractivity contribution < 1.29 is 4.74 Å². The van der Waals surface area contributed by atoms with E-state index in [0.29, 0.717) is 10.6 Å². The predicted molar refractivity (Wildman–Crippen MR) is 109 cm³/mol. The van der Waals surface area contributed by atoms with Gasteiger partial charge in [-0.15, -0.1) is 11.3 Å². The molecule has 136 valence electrons. The van der Waals surface area contributed by atoms with E-state index < -0.39 is 0 Å². The molecule has 0 radical (unpaired) electrons. The quantitative estimate of drug-likeness (QED) is 0.505. The lowest BCUT2D eigenvalue weighted by Crippen LogP contribution is -1.86. The standard InChI is InChI=1S/C21H15N5OS/c1-27-18-4-2-15(3-5-18)20-17(12-24-26-20)10-16(11-22)21-25-19(13-28-21)14-6-8-23-9-7-14/h2-10,12-13H,1H3,(H,24,26)/b16-10+. The molecule has 28 heavy (non-hydrogen) atoms. The summed E-state index contributed by atoms with van der Waals surface area (Å²) in [7, 11) is 1.63. The van der Waals surface area contributed by atoms with Gasteiger partial charge in [0, 0.05) is 34.5 Å². The Hall–Kier alpha value is -3.76. The topological polar surface area (TPSA) is 87.5 Å². The maximum atomic E-state index is 9.68. The summed E-state index contributed by atoms with van der Waals surface area (Å²) in [5.74, 6) is 0.782.